The molecule has 2 nitrogen and oxygen atoms in total. The largest absolute Gasteiger partial charge is 0.389 e. The minimum Gasteiger partial charge on any atom is -0.389 e. The molecule has 1 atom stereocenters. The van der Waals surface area contributed by atoms with E-state index in [9.17, 15) is 9.50 Å². The number of anilines is 1. The number of aliphatic hydroxyl groups excluding tert-OH is 1. The van der Waals surface area contributed by atoms with E-state index in [4.69, 9.17) is 0 Å². The van der Waals surface area contributed by atoms with Crippen LogP contribution in [0.1, 0.15) is 36.6 Å². The molecule has 0 bridgehead atoms. The van der Waals surface area contributed by atoms with Gasteiger partial charge in [0, 0.05) is 24.3 Å². The first-order valence-corrected chi connectivity index (χ1v) is 7.30. The van der Waals surface area contributed by atoms with Gasteiger partial charge in [-0.3, -0.25) is 0 Å². The lowest BCUT2D eigenvalue weighted by molar-refractivity contribution is 0.199. The fourth-order valence-electron chi connectivity index (χ4n) is 2.46. The van der Waals surface area contributed by atoms with Crippen molar-refractivity contribution >= 4 is 5.69 Å². The SMILES string of the molecule is CCN(Cc1ccccc1)c1cc(C)c(F)cc1[C@H](C)O. The van der Waals surface area contributed by atoms with Crippen molar-refractivity contribution in [3.05, 3.63) is 65.0 Å². The number of aliphatic hydroxyl groups is 1. The van der Waals surface area contributed by atoms with Gasteiger partial charge in [0.05, 0.1) is 6.10 Å². The van der Waals surface area contributed by atoms with Gasteiger partial charge in [-0.1, -0.05) is 30.3 Å². The Morgan fingerprint density at radius 2 is 1.86 bits per heavy atom. The predicted octanol–water partition coefficient (Wildman–Crippen LogP) is 4.21. The highest BCUT2D eigenvalue weighted by Gasteiger charge is 2.16. The molecule has 0 heterocycles. The standard InChI is InChI=1S/C18H22FNO/c1-4-20(12-15-8-6-5-7-9-15)18-10-13(2)17(19)11-16(18)14(3)21/h5-11,14,21H,4,12H2,1-3H3/t14-/m0/s1. The van der Waals surface area contributed by atoms with Crippen LogP contribution in [0.25, 0.3) is 0 Å². The maximum absolute atomic E-state index is 13.8. The molecule has 21 heavy (non-hydrogen) atoms. The van der Waals surface area contributed by atoms with Crippen LogP contribution in [0.3, 0.4) is 0 Å². The highest BCUT2D eigenvalue weighted by molar-refractivity contribution is 5.57. The third-order valence-electron chi connectivity index (χ3n) is 3.70. The van der Waals surface area contributed by atoms with Crippen LogP contribution < -0.4 is 4.90 Å². The second kappa shape index (κ2) is 6.72. The van der Waals surface area contributed by atoms with Crippen molar-refractivity contribution in [1.29, 1.82) is 0 Å². The maximum Gasteiger partial charge on any atom is 0.126 e. The number of rotatable bonds is 5. The molecule has 112 valence electrons. The summed E-state index contributed by atoms with van der Waals surface area (Å²) in [5.41, 5.74) is 3.32. The minimum absolute atomic E-state index is 0.273. The van der Waals surface area contributed by atoms with E-state index >= 15 is 0 Å². The molecule has 0 radical (unpaired) electrons. The molecule has 0 aliphatic heterocycles. The first-order valence-electron chi connectivity index (χ1n) is 7.30. The fraction of sp³-hybridized carbons (Fsp3) is 0.333. The Bertz CT molecular complexity index is 596. The molecule has 0 aliphatic rings. The molecule has 0 fully saturated rings. The van der Waals surface area contributed by atoms with Crippen LogP contribution in [0.15, 0.2) is 42.5 Å². The summed E-state index contributed by atoms with van der Waals surface area (Å²) in [4.78, 5) is 2.16. The van der Waals surface area contributed by atoms with Crippen LogP contribution in [0.5, 0.6) is 0 Å². The zero-order valence-electron chi connectivity index (χ0n) is 12.8. The lowest BCUT2D eigenvalue weighted by Crippen LogP contribution is -2.24. The molecule has 0 unspecified atom stereocenters. The van der Waals surface area contributed by atoms with Crippen LogP contribution in [0.4, 0.5) is 10.1 Å². The summed E-state index contributed by atoms with van der Waals surface area (Å²) < 4.78 is 13.8. The third kappa shape index (κ3) is 3.61. The lowest BCUT2D eigenvalue weighted by Gasteiger charge is -2.27. The van der Waals surface area contributed by atoms with Crippen molar-refractivity contribution in [1.82, 2.24) is 0 Å². The quantitative estimate of drug-likeness (QED) is 0.890. The summed E-state index contributed by atoms with van der Waals surface area (Å²) in [5.74, 6) is -0.273. The zero-order chi connectivity index (χ0) is 15.4. The Morgan fingerprint density at radius 3 is 2.43 bits per heavy atom. The summed E-state index contributed by atoms with van der Waals surface area (Å²) in [5, 5.41) is 9.94. The molecular weight excluding hydrogens is 265 g/mol. The molecule has 1 N–H and O–H groups in total. The average Bonchev–Trinajstić information content (AvgIpc) is 2.48. The molecule has 2 aromatic carbocycles. The summed E-state index contributed by atoms with van der Waals surface area (Å²) >= 11 is 0. The zero-order valence-corrected chi connectivity index (χ0v) is 12.8. The Balaban J connectivity index is 2.39. The van der Waals surface area contributed by atoms with E-state index in [1.165, 1.54) is 11.6 Å². The van der Waals surface area contributed by atoms with Gasteiger partial charge in [-0.25, -0.2) is 4.39 Å². The van der Waals surface area contributed by atoms with Gasteiger partial charge in [0.2, 0.25) is 0 Å². The Morgan fingerprint density at radius 1 is 1.19 bits per heavy atom. The summed E-state index contributed by atoms with van der Waals surface area (Å²) in [7, 11) is 0. The van der Waals surface area contributed by atoms with E-state index in [1.807, 2.05) is 24.3 Å². The number of hydrogen-bond acceptors (Lipinski definition) is 2. The highest BCUT2D eigenvalue weighted by atomic mass is 19.1. The molecular formula is C18H22FNO. The lowest BCUT2D eigenvalue weighted by atomic mass is 10.0. The van der Waals surface area contributed by atoms with Crippen LogP contribution in [-0.2, 0) is 6.54 Å². The molecule has 0 aromatic heterocycles. The number of halogens is 1. The maximum atomic E-state index is 13.8. The molecule has 2 aromatic rings. The van der Waals surface area contributed by atoms with Crippen molar-refractivity contribution < 1.29 is 9.50 Å². The first-order chi connectivity index (χ1) is 10.0. The molecule has 0 amide bonds. The number of benzene rings is 2. The van der Waals surface area contributed by atoms with Crippen molar-refractivity contribution in [2.45, 2.75) is 33.4 Å². The van der Waals surface area contributed by atoms with Crippen LogP contribution in [0.2, 0.25) is 0 Å². The average molecular weight is 287 g/mol. The summed E-state index contributed by atoms with van der Waals surface area (Å²) in [6.45, 7) is 7.01. The van der Waals surface area contributed by atoms with E-state index < -0.39 is 6.10 Å². The van der Waals surface area contributed by atoms with Gasteiger partial charge >= 0.3 is 0 Å². The summed E-state index contributed by atoms with van der Waals surface area (Å²) in [6.07, 6.45) is -0.695. The van der Waals surface area contributed by atoms with Crippen molar-refractivity contribution in [2.75, 3.05) is 11.4 Å². The molecule has 3 heteroatoms. The van der Waals surface area contributed by atoms with E-state index in [0.29, 0.717) is 11.1 Å². The van der Waals surface area contributed by atoms with Gasteiger partial charge in [0.15, 0.2) is 0 Å². The fourth-order valence-corrected chi connectivity index (χ4v) is 2.46. The summed E-state index contributed by atoms with van der Waals surface area (Å²) in [6, 6.07) is 13.4. The van der Waals surface area contributed by atoms with E-state index in [0.717, 1.165) is 18.8 Å². The Hall–Kier alpha value is -1.87. The van der Waals surface area contributed by atoms with Crippen LogP contribution in [0, 0.1) is 12.7 Å². The van der Waals surface area contributed by atoms with E-state index in [2.05, 4.69) is 24.0 Å². The molecule has 0 aliphatic carbocycles. The van der Waals surface area contributed by atoms with Gasteiger partial charge < -0.3 is 10.0 Å². The molecule has 0 saturated heterocycles. The number of aryl methyl sites for hydroxylation is 1. The van der Waals surface area contributed by atoms with Gasteiger partial charge in [-0.15, -0.1) is 0 Å². The normalized spacial score (nSPS) is 12.2. The number of hydrogen-bond donors (Lipinski definition) is 1. The van der Waals surface area contributed by atoms with Gasteiger partial charge in [-0.2, -0.15) is 0 Å². The Labute approximate surface area is 125 Å². The van der Waals surface area contributed by atoms with E-state index in [-0.39, 0.29) is 5.82 Å². The monoisotopic (exact) mass is 287 g/mol. The smallest absolute Gasteiger partial charge is 0.126 e. The van der Waals surface area contributed by atoms with Gasteiger partial charge in [0.1, 0.15) is 5.82 Å². The number of nitrogens with zero attached hydrogens (tertiary/aromatic N) is 1. The van der Waals surface area contributed by atoms with Crippen molar-refractivity contribution in [3.8, 4) is 0 Å². The topological polar surface area (TPSA) is 23.5 Å². The van der Waals surface area contributed by atoms with Gasteiger partial charge in [0.25, 0.3) is 0 Å². The molecule has 0 saturated carbocycles. The van der Waals surface area contributed by atoms with Crippen molar-refractivity contribution in [3.63, 3.8) is 0 Å². The van der Waals surface area contributed by atoms with Crippen molar-refractivity contribution in [2.24, 2.45) is 0 Å². The predicted molar refractivity (Wildman–Crippen MR) is 84.9 cm³/mol. The highest BCUT2D eigenvalue weighted by Crippen LogP contribution is 2.30. The molecule has 0 spiro atoms. The van der Waals surface area contributed by atoms with E-state index in [1.54, 1.807) is 13.8 Å². The second-order valence-corrected chi connectivity index (χ2v) is 5.34. The third-order valence-corrected chi connectivity index (χ3v) is 3.70. The minimum atomic E-state index is -0.695. The van der Waals surface area contributed by atoms with Crippen LogP contribution in [-0.4, -0.2) is 11.7 Å². The van der Waals surface area contributed by atoms with Gasteiger partial charge in [-0.05, 0) is 44.0 Å². The second-order valence-electron chi connectivity index (χ2n) is 5.34. The van der Waals surface area contributed by atoms with Crippen LogP contribution >= 0.6 is 0 Å². The Kier molecular flexibility index (Phi) is 4.97. The first kappa shape index (κ1) is 15.5. The molecule has 2 rings (SSSR count).